The Morgan fingerprint density at radius 1 is 1.18 bits per heavy atom. The van der Waals surface area contributed by atoms with Crippen molar-refractivity contribution < 1.29 is 5.11 Å². The minimum Gasteiger partial charge on any atom is -0.396 e. The number of nitrogens with one attached hydrogen (secondary N) is 1. The average molecular weight is 233 g/mol. The van der Waals surface area contributed by atoms with Gasteiger partial charge in [-0.05, 0) is 56.7 Å². The minimum atomic E-state index is 0.186. The molecule has 2 heteroatoms. The van der Waals surface area contributed by atoms with E-state index < -0.39 is 0 Å². The lowest BCUT2D eigenvalue weighted by Crippen LogP contribution is -2.29. The summed E-state index contributed by atoms with van der Waals surface area (Å²) >= 11 is 0. The maximum atomic E-state index is 9.37. The largest absolute Gasteiger partial charge is 0.396 e. The van der Waals surface area contributed by atoms with Crippen molar-refractivity contribution in [2.75, 3.05) is 19.7 Å². The maximum Gasteiger partial charge on any atom is 0.0439 e. The molecule has 1 heterocycles. The topological polar surface area (TPSA) is 32.3 Å². The molecular weight excluding hydrogens is 210 g/mol. The van der Waals surface area contributed by atoms with Gasteiger partial charge in [0, 0.05) is 6.61 Å². The monoisotopic (exact) mass is 233 g/mol. The Morgan fingerprint density at radius 3 is 2.65 bits per heavy atom. The van der Waals surface area contributed by atoms with E-state index in [0.29, 0.717) is 0 Å². The van der Waals surface area contributed by atoms with Gasteiger partial charge in [-0.1, -0.05) is 29.8 Å². The SMILES string of the molecule is Cc1ccc(C2(CCO)CCCNCC2)cc1. The summed E-state index contributed by atoms with van der Waals surface area (Å²) in [5.74, 6) is 0. The number of rotatable bonds is 3. The van der Waals surface area contributed by atoms with Crippen LogP contribution in [0.1, 0.15) is 36.8 Å². The Kier molecular flexibility index (Phi) is 4.19. The van der Waals surface area contributed by atoms with Crippen molar-refractivity contribution >= 4 is 0 Å². The van der Waals surface area contributed by atoms with E-state index in [1.54, 1.807) is 0 Å². The first-order valence-electron chi connectivity index (χ1n) is 6.66. The van der Waals surface area contributed by atoms with Gasteiger partial charge in [0.05, 0.1) is 0 Å². The first kappa shape index (κ1) is 12.6. The third-order valence-corrected chi connectivity index (χ3v) is 4.04. The van der Waals surface area contributed by atoms with E-state index in [0.717, 1.165) is 25.9 Å². The summed E-state index contributed by atoms with van der Waals surface area (Å²) in [7, 11) is 0. The van der Waals surface area contributed by atoms with Crippen LogP contribution in [0.15, 0.2) is 24.3 Å². The van der Waals surface area contributed by atoms with Gasteiger partial charge in [-0.25, -0.2) is 0 Å². The quantitative estimate of drug-likeness (QED) is 0.840. The summed E-state index contributed by atoms with van der Waals surface area (Å²) in [5.41, 5.74) is 2.90. The molecule has 1 aromatic rings. The van der Waals surface area contributed by atoms with Crippen LogP contribution in [0.25, 0.3) is 0 Å². The second-order valence-electron chi connectivity index (χ2n) is 5.22. The molecule has 1 atom stereocenters. The van der Waals surface area contributed by atoms with Crippen molar-refractivity contribution in [1.29, 1.82) is 0 Å². The van der Waals surface area contributed by atoms with Crippen LogP contribution in [0.4, 0.5) is 0 Å². The van der Waals surface area contributed by atoms with E-state index in [1.165, 1.54) is 24.0 Å². The van der Waals surface area contributed by atoms with Crippen LogP contribution < -0.4 is 5.32 Å². The van der Waals surface area contributed by atoms with E-state index >= 15 is 0 Å². The molecule has 1 aromatic carbocycles. The number of benzene rings is 1. The van der Waals surface area contributed by atoms with Crippen LogP contribution in [0.5, 0.6) is 0 Å². The molecule has 2 N–H and O–H groups in total. The molecule has 0 amide bonds. The molecule has 1 aliphatic heterocycles. The fourth-order valence-electron chi connectivity index (χ4n) is 2.93. The van der Waals surface area contributed by atoms with E-state index in [2.05, 4.69) is 36.5 Å². The van der Waals surface area contributed by atoms with Crippen molar-refractivity contribution in [3.05, 3.63) is 35.4 Å². The summed E-state index contributed by atoms with van der Waals surface area (Å²) in [6.07, 6.45) is 4.41. The van der Waals surface area contributed by atoms with E-state index in [9.17, 15) is 5.11 Å². The molecule has 17 heavy (non-hydrogen) atoms. The smallest absolute Gasteiger partial charge is 0.0439 e. The molecule has 0 bridgehead atoms. The van der Waals surface area contributed by atoms with E-state index in [1.807, 2.05) is 0 Å². The van der Waals surface area contributed by atoms with Crippen LogP contribution in [0.3, 0.4) is 0 Å². The number of hydrogen-bond donors (Lipinski definition) is 2. The van der Waals surface area contributed by atoms with Crippen LogP contribution in [0, 0.1) is 6.92 Å². The fraction of sp³-hybridized carbons (Fsp3) is 0.600. The van der Waals surface area contributed by atoms with Crippen LogP contribution in [-0.4, -0.2) is 24.8 Å². The van der Waals surface area contributed by atoms with Gasteiger partial charge in [-0.3, -0.25) is 0 Å². The van der Waals surface area contributed by atoms with Crippen LogP contribution >= 0.6 is 0 Å². The molecule has 1 saturated heterocycles. The number of hydrogen-bond acceptors (Lipinski definition) is 2. The lowest BCUT2D eigenvalue weighted by molar-refractivity contribution is 0.224. The molecule has 1 unspecified atom stereocenters. The fourth-order valence-corrected chi connectivity index (χ4v) is 2.93. The van der Waals surface area contributed by atoms with E-state index in [-0.39, 0.29) is 12.0 Å². The molecule has 1 aliphatic rings. The van der Waals surface area contributed by atoms with Gasteiger partial charge in [0.2, 0.25) is 0 Å². The van der Waals surface area contributed by atoms with Crippen molar-refractivity contribution in [2.24, 2.45) is 0 Å². The Hall–Kier alpha value is -0.860. The van der Waals surface area contributed by atoms with Crippen LogP contribution in [0.2, 0.25) is 0 Å². The van der Waals surface area contributed by atoms with Gasteiger partial charge >= 0.3 is 0 Å². The molecule has 2 nitrogen and oxygen atoms in total. The van der Waals surface area contributed by atoms with Gasteiger partial charge in [-0.15, -0.1) is 0 Å². The summed E-state index contributed by atoms with van der Waals surface area (Å²) < 4.78 is 0. The first-order chi connectivity index (χ1) is 8.27. The zero-order valence-corrected chi connectivity index (χ0v) is 10.7. The van der Waals surface area contributed by atoms with Crippen LogP contribution in [-0.2, 0) is 5.41 Å². The Balaban J connectivity index is 2.28. The molecule has 94 valence electrons. The zero-order valence-electron chi connectivity index (χ0n) is 10.7. The number of aliphatic hydroxyl groups is 1. The molecule has 0 radical (unpaired) electrons. The lowest BCUT2D eigenvalue weighted by Gasteiger charge is -2.33. The van der Waals surface area contributed by atoms with Crippen molar-refractivity contribution in [3.8, 4) is 0 Å². The summed E-state index contributed by atoms with van der Waals surface area (Å²) in [6, 6.07) is 8.87. The minimum absolute atomic E-state index is 0.186. The third-order valence-electron chi connectivity index (χ3n) is 4.04. The van der Waals surface area contributed by atoms with Crippen molar-refractivity contribution in [2.45, 2.75) is 38.0 Å². The normalized spacial score (nSPS) is 25.5. The first-order valence-corrected chi connectivity index (χ1v) is 6.66. The maximum absolute atomic E-state index is 9.37. The zero-order chi connectivity index (χ0) is 12.1. The van der Waals surface area contributed by atoms with Crippen molar-refractivity contribution in [1.82, 2.24) is 5.32 Å². The average Bonchev–Trinajstić information content (AvgIpc) is 2.57. The molecular formula is C15H23NO. The summed E-state index contributed by atoms with van der Waals surface area (Å²) in [5, 5.41) is 12.8. The number of aliphatic hydroxyl groups excluding tert-OH is 1. The van der Waals surface area contributed by atoms with Crippen molar-refractivity contribution in [3.63, 3.8) is 0 Å². The van der Waals surface area contributed by atoms with Gasteiger partial charge in [0.25, 0.3) is 0 Å². The molecule has 2 rings (SSSR count). The highest BCUT2D eigenvalue weighted by molar-refractivity contribution is 5.29. The molecule has 0 aromatic heterocycles. The predicted molar refractivity (Wildman–Crippen MR) is 71.3 cm³/mol. The highest BCUT2D eigenvalue weighted by atomic mass is 16.3. The standard InChI is InChI=1S/C15H23NO/c1-13-3-5-14(6-4-13)15(9-12-17)7-2-10-16-11-8-15/h3-6,16-17H,2,7-12H2,1H3. The molecule has 0 saturated carbocycles. The Morgan fingerprint density at radius 2 is 1.94 bits per heavy atom. The highest BCUT2D eigenvalue weighted by Gasteiger charge is 2.31. The van der Waals surface area contributed by atoms with Gasteiger partial charge in [0.15, 0.2) is 0 Å². The third kappa shape index (κ3) is 2.88. The highest BCUT2D eigenvalue weighted by Crippen LogP contribution is 2.37. The molecule has 0 aliphatic carbocycles. The predicted octanol–water partition coefficient (Wildman–Crippen LogP) is 2.39. The number of aryl methyl sites for hydroxylation is 1. The Bertz CT molecular complexity index is 336. The summed E-state index contributed by atoms with van der Waals surface area (Å²) in [4.78, 5) is 0. The summed E-state index contributed by atoms with van der Waals surface area (Å²) in [6.45, 7) is 4.58. The van der Waals surface area contributed by atoms with Gasteiger partial charge in [0.1, 0.15) is 0 Å². The second-order valence-corrected chi connectivity index (χ2v) is 5.22. The Labute approximate surface area is 104 Å². The second kappa shape index (κ2) is 5.65. The van der Waals surface area contributed by atoms with Gasteiger partial charge in [-0.2, -0.15) is 0 Å². The molecule has 1 fully saturated rings. The lowest BCUT2D eigenvalue weighted by atomic mass is 9.72. The van der Waals surface area contributed by atoms with E-state index in [4.69, 9.17) is 0 Å². The van der Waals surface area contributed by atoms with Gasteiger partial charge < -0.3 is 10.4 Å². The molecule has 0 spiro atoms.